The van der Waals surface area contributed by atoms with Crippen LogP contribution < -0.4 is 10.6 Å². The van der Waals surface area contributed by atoms with E-state index in [1.54, 1.807) is 0 Å². The Kier molecular flexibility index (Phi) is 7.26. The highest BCUT2D eigenvalue weighted by Crippen LogP contribution is 2.25. The minimum absolute atomic E-state index is 0.170. The first-order valence-electron chi connectivity index (χ1n) is 10.1. The second-order valence-electron chi connectivity index (χ2n) is 7.49. The summed E-state index contributed by atoms with van der Waals surface area (Å²) in [5, 5.41) is 16.9. The number of piperidine rings is 1. The Hall–Kier alpha value is -1.66. The van der Waals surface area contributed by atoms with Crippen LogP contribution in [0.5, 0.6) is 0 Å². The summed E-state index contributed by atoms with van der Waals surface area (Å²) in [7, 11) is 0. The molecule has 1 aromatic rings. The van der Waals surface area contributed by atoms with Crippen LogP contribution in [-0.4, -0.2) is 59.3 Å². The van der Waals surface area contributed by atoms with Crippen molar-refractivity contribution in [3.05, 3.63) is 30.1 Å². The molecule has 0 aromatic carbocycles. The number of likely N-dealkylation sites (tertiary alicyclic amines) is 1. The van der Waals surface area contributed by atoms with Gasteiger partial charge >= 0.3 is 0 Å². The number of nitrogens with zero attached hydrogens (tertiary/aromatic N) is 3. The number of aliphatic hydroxyl groups excluding tert-OH is 1. The van der Waals surface area contributed by atoms with E-state index in [9.17, 15) is 5.11 Å². The van der Waals surface area contributed by atoms with Crippen molar-refractivity contribution in [1.29, 1.82) is 0 Å². The van der Waals surface area contributed by atoms with Gasteiger partial charge in [0.1, 0.15) is 0 Å². The summed E-state index contributed by atoms with van der Waals surface area (Å²) in [6.07, 6.45) is 7.07. The number of aliphatic imine (C=N–C) groups is 1. The van der Waals surface area contributed by atoms with E-state index in [2.05, 4.69) is 39.6 Å². The van der Waals surface area contributed by atoms with Gasteiger partial charge in [-0.3, -0.25) is 14.9 Å². The summed E-state index contributed by atoms with van der Waals surface area (Å²) >= 11 is 0. The summed E-state index contributed by atoms with van der Waals surface area (Å²) in [5.74, 6) is 1.22. The Balaban J connectivity index is 1.45. The zero-order valence-electron chi connectivity index (χ0n) is 15.9. The maximum Gasteiger partial charge on any atom is 0.191 e. The molecule has 1 aliphatic heterocycles. The number of pyridine rings is 1. The third kappa shape index (κ3) is 5.68. The standard InChI is InChI=1S/C20H33N5O/c1-2-21-20(23-14-16-6-5-8-19(16)26)24-17-9-12-25(13-10-17)15-18-7-3-4-11-22-18/h3-4,7,11,16-17,19,26H,2,5-6,8-10,12-15H2,1H3,(H2,21,23,24). The number of aliphatic hydroxyl groups is 1. The van der Waals surface area contributed by atoms with Crippen LogP contribution in [0.3, 0.4) is 0 Å². The van der Waals surface area contributed by atoms with E-state index in [1.165, 1.54) is 0 Å². The molecule has 2 atom stereocenters. The van der Waals surface area contributed by atoms with Gasteiger partial charge in [0.25, 0.3) is 0 Å². The Morgan fingerprint density at radius 1 is 1.27 bits per heavy atom. The molecule has 2 aliphatic rings. The monoisotopic (exact) mass is 359 g/mol. The number of guanidine groups is 1. The fraction of sp³-hybridized carbons (Fsp3) is 0.700. The Morgan fingerprint density at radius 2 is 2.12 bits per heavy atom. The molecular formula is C20H33N5O. The summed E-state index contributed by atoms with van der Waals surface area (Å²) in [4.78, 5) is 11.6. The highest BCUT2D eigenvalue weighted by atomic mass is 16.3. The molecule has 0 radical (unpaired) electrons. The summed E-state index contributed by atoms with van der Waals surface area (Å²) in [5.41, 5.74) is 1.14. The topological polar surface area (TPSA) is 72.8 Å². The van der Waals surface area contributed by atoms with Gasteiger partial charge in [0.2, 0.25) is 0 Å². The van der Waals surface area contributed by atoms with Crippen LogP contribution in [-0.2, 0) is 6.54 Å². The van der Waals surface area contributed by atoms with E-state index >= 15 is 0 Å². The molecule has 2 fully saturated rings. The van der Waals surface area contributed by atoms with Gasteiger partial charge in [0.05, 0.1) is 11.8 Å². The first-order chi connectivity index (χ1) is 12.7. The van der Waals surface area contributed by atoms with Gasteiger partial charge in [-0.05, 0) is 44.7 Å². The van der Waals surface area contributed by atoms with Crippen molar-refractivity contribution in [3.63, 3.8) is 0 Å². The van der Waals surface area contributed by atoms with Crippen molar-refractivity contribution in [2.45, 2.75) is 57.7 Å². The lowest BCUT2D eigenvalue weighted by atomic mass is 10.0. The predicted octanol–water partition coefficient (Wildman–Crippen LogP) is 1.76. The molecule has 144 valence electrons. The number of nitrogens with one attached hydrogen (secondary N) is 2. The van der Waals surface area contributed by atoms with E-state index < -0.39 is 0 Å². The van der Waals surface area contributed by atoms with Crippen LogP contribution >= 0.6 is 0 Å². The zero-order chi connectivity index (χ0) is 18.2. The third-order valence-corrected chi connectivity index (χ3v) is 5.49. The van der Waals surface area contributed by atoms with Gasteiger partial charge in [-0.15, -0.1) is 0 Å². The van der Waals surface area contributed by atoms with E-state index in [0.717, 1.165) is 76.5 Å². The lowest BCUT2D eigenvalue weighted by Gasteiger charge is -2.33. The molecule has 0 spiro atoms. The summed E-state index contributed by atoms with van der Waals surface area (Å²) < 4.78 is 0. The minimum Gasteiger partial charge on any atom is -0.393 e. The number of hydrogen-bond donors (Lipinski definition) is 3. The number of aromatic nitrogens is 1. The lowest BCUT2D eigenvalue weighted by molar-refractivity contribution is 0.136. The highest BCUT2D eigenvalue weighted by Gasteiger charge is 2.25. The Morgan fingerprint density at radius 3 is 2.77 bits per heavy atom. The van der Waals surface area contributed by atoms with Gasteiger partial charge in [-0.2, -0.15) is 0 Å². The minimum atomic E-state index is -0.170. The molecule has 1 saturated carbocycles. The van der Waals surface area contributed by atoms with Crippen molar-refractivity contribution in [1.82, 2.24) is 20.5 Å². The Bertz CT molecular complexity index is 557. The smallest absolute Gasteiger partial charge is 0.191 e. The van der Waals surface area contributed by atoms with Crippen molar-refractivity contribution in [2.24, 2.45) is 10.9 Å². The van der Waals surface area contributed by atoms with Crippen LogP contribution in [0.2, 0.25) is 0 Å². The van der Waals surface area contributed by atoms with Crippen LogP contribution in [0, 0.1) is 5.92 Å². The van der Waals surface area contributed by atoms with E-state index in [1.807, 2.05) is 12.3 Å². The third-order valence-electron chi connectivity index (χ3n) is 5.49. The molecule has 2 unspecified atom stereocenters. The van der Waals surface area contributed by atoms with E-state index in [0.29, 0.717) is 12.0 Å². The molecule has 26 heavy (non-hydrogen) atoms. The molecule has 1 aromatic heterocycles. The molecule has 3 rings (SSSR count). The van der Waals surface area contributed by atoms with E-state index in [-0.39, 0.29) is 6.10 Å². The maximum absolute atomic E-state index is 9.98. The first-order valence-corrected chi connectivity index (χ1v) is 10.1. The van der Waals surface area contributed by atoms with Crippen LogP contribution in [0.15, 0.2) is 29.4 Å². The van der Waals surface area contributed by atoms with Crippen LogP contribution in [0.1, 0.15) is 44.7 Å². The van der Waals surface area contributed by atoms with Crippen molar-refractivity contribution >= 4 is 5.96 Å². The van der Waals surface area contributed by atoms with E-state index in [4.69, 9.17) is 4.99 Å². The average molecular weight is 360 g/mol. The Labute approximate surface area is 157 Å². The normalized spacial score (nSPS) is 25.4. The molecular weight excluding hydrogens is 326 g/mol. The van der Waals surface area contributed by atoms with Gasteiger partial charge in [0.15, 0.2) is 5.96 Å². The second kappa shape index (κ2) is 9.88. The average Bonchev–Trinajstić information content (AvgIpc) is 3.07. The van der Waals surface area contributed by atoms with Gasteiger partial charge < -0.3 is 15.7 Å². The lowest BCUT2D eigenvalue weighted by Crippen LogP contribution is -2.48. The molecule has 0 bridgehead atoms. The molecule has 0 amide bonds. The van der Waals surface area contributed by atoms with Crippen molar-refractivity contribution in [3.8, 4) is 0 Å². The zero-order valence-corrected chi connectivity index (χ0v) is 15.9. The molecule has 2 heterocycles. The predicted molar refractivity (Wildman–Crippen MR) is 105 cm³/mol. The molecule has 1 aliphatic carbocycles. The van der Waals surface area contributed by atoms with Gasteiger partial charge in [-0.1, -0.05) is 12.5 Å². The first kappa shape index (κ1) is 19.1. The maximum atomic E-state index is 9.98. The van der Waals surface area contributed by atoms with Crippen LogP contribution in [0.4, 0.5) is 0 Å². The highest BCUT2D eigenvalue weighted by molar-refractivity contribution is 5.80. The van der Waals surface area contributed by atoms with Gasteiger partial charge in [0, 0.05) is 50.9 Å². The van der Waals surface area contributed by atoms with Crippen molar-refractivity contribution < 1.29 is 5.11 Å². The quantitative estimate of drug-likeness (QED) is 0.533. The van der Waals surface area contributed by atoms with Gasteiger partial charge in [-0.25, -0.2) is 0 Å². The molecule has 3 N–H and O–H groups in total. The number of hydrogen-bond acceptors (Lipinski definition) is 4. The second-order valence-corrected chi connectivity index (χ2v) is 7.49. The van der Waals surface area contributed by atoms with Crippen molar-refractivity contribution in [2.75, 3.05) is 26.2 Å². The number of rotatable bonds is 6. The summed E-state index contributed by atoms with van der Waals surface area (Å²) in [6.45, 7) is 6.76. The fourth-order valence-electron chi connectivity index (χ4n) is 3.91. The largest absolute Gasteiger partial charge is 0.393 e. The van der Waals surface area contributed by atoms with Crippen LogP contribution in [0.25, 0.3) is 0 Å². The summed E-state index contributed by atoms with van der Waals surface area (Å²) in [6, 6.07) is 6.57. The fourth-order valence-corrected chi connectivity index (χ4v) is 3.91. The molecule has 6 heteroatoms. The molecule has 6 nitrogen and oxygen atoms in total. The SMILES string of the molecule is CCNC(=NCC1CCCC1O)NC1CCN(Cc2ccccn2)CC1. The molecule has 1 saturated heterocycles.